The highest BCUT2D eigenvalue weighted by atomic mass is 32.2. The van der Waals surface area contributed by atoms with Gasteiger partial charge in [0, 0.05) is 17.0 Å². The van der Waals surface area contributed by atoms with Crippen LogP contribution in [0.3, 0.4) is 0 Å². The predicted molar refractivity (Wildman–Crippen MR) is 53.4 cm³/mol. The van der Waals surface area contributed by atoms with Gasteiger partial charge in [0.15, 0.2) is 0 Å². The first kappa shape index (κ1) is 10.4. The third kappa shape index (κ3) is 2.62. The summed E-state index contributed by atoms with van der Waals surface area (Å²) >= 11 is 1.66. The average Bonchev–Trinajstić information content (AvgIpc) is 2.18. The zero-order valence-electron chi connectivity index (χ0n) is 7.70. The Kier molecular flexibility index (Phi) is 4.08. The van der Waals surface area contributed by atoms with Crippen LogP contribution in [0.2, 0.25) is 0 Å². The van der Waals surface area contributed by atoms with Gasteiger partial charge in [-0.2, -0.15) is 0 Å². The van der Waals surface area contributed by atoms with Crippen molar-refractivity contribution in [2.45, 2.75) is 11.4 Å². The largest absolute Gasteiger partial charge is 0.496 e. The second-order valence-electron chi connectivity index (χ2n) is 2.51. The van der Waals surface area contributed by atoms with E-state index in [2.05, 4.69) is 5.48 Å². The lowest BCUT2D eigenvalue weighted by Crippen LogP contribution is -2.07. The third-order valence-corrected chi connectivity index (χ3v) is 2.48. The van der Waals surface area contributed by atoms with Gasteiger partial charge in [-0.3, -0.25) is 0 Å². The Balaban J connectivity index is 2.95. The van der Waals surface area contributed by atoms with E-state index in [9.17, 15) is 0 Å². The monoisotopic (exact) mass is 199 g/mol. The number of benzene rings is 1. The van der Waals surface area contributed by atoms with Crippen molar-refractivity contribution >= 4 is 11.8 Å². The number of hydrogen-bond acceptors (Lipinski definition) is 4. The highest BCUT2D eigenvalue weighted by Gasteiger charge is 2.02. The van der Waals surface area contributed by atoms with E-state index in [1.807, 2.05) is 24.5 Å². The Hall–Kier alpha value is -0.710. The molecule has 0 bridgehead atoms. The summed E-state index contributed by atoms with van der Waals surface area (Å²) in [5, 5.41) is 8.59. The van der Waals surface area contributed by atoms with Crippen LogP contribution >= 0.6 is 11.8 Å². The van der Waals surface area contributed by atoms with Gasteiger partial charge in [0.05, 0.1) is 7.11 Å². The Morgan fingerprint density at radius 2 is 2.31 bits per heavy atom. The van der Waals surface area contributed by atoms with E-state index in [-0.39, 0.29) is 0 Å². The number of methoxy groups -OCH3 is 1. The fraction of sp³-hybridized carbons (Fsp3) is 0.333. The van der Waals surface area contributed by atoms with Crippen molar-refractivity contribution in [1.29, 1.82) is 0 Å². The molecule has 1 rings (SSSR count). The molecule has 0 atom stereocenters. The Morgan fingerprint density at radius 3 is 2.85 bits per heavy atom. The number of thioether (sulfide) groups is 1. The van der Waals surface area contributed by atoms with Crippen LogP contribution in [0, 0.1) is 0 Å². The summed E-state index contributed by atoms with van der Waals surface area (Å²) in [6.45, 7) is 0.400. The third-order valence-electron chi connectivity index (χ3n) is 1.76. The molecule has 0 amide bonds. The molecule has 1 aromatic rings. The molecule has 0 heterocycles. The van der Waals surface area contributed by atoms with Crippen LogP contribution in [0.4, 0.5) is 0 Å². The molecule has 0 saturated carbocycles. The number of ether oxygens (including phenoxy) is 1. The van der Waals surface area contributed by atoms with E-state index in [0.29, 0.717) is 6.54 Å². The fourth-order valence-electron chi connectivity index (χ4n) is 1.11. The minimum Gasteiger partial charge on any atom is -0.496 e. The summed E-state index contributed by atoms with van der Waals surface area (Å²) in [6, 6.07) is 5.88. The Bertz CT molecular complexity index is 278. The molecule has 0 aliphatic carbocycles. The smallest absolute Gasteiger partial charge is 0.123 e. The van der Waals surface area contributed by atoms with Crippen molar-refractivity contribution < 1.29 is 9.94 Å². The van der Waals surface area contributed by atoms with Gasteiger partial charge < -0.3 is 9.94 Å². The molecule has 0 aliphatic rings. The Labute approximate surface area is 82.1 Å². The highest BCUT2D eigenvalue weighted by Crippen LogP contribution is 2.24. The first-order valence-electron chi connectivity index (χ1n) is 3.89. The number of hydrogen-bond donors (Lipinski definition) is 2. The minimum atomic E-state index is 0.400. The molecule has 2 N–H and O–H groups in total. The zero-order valence-corrected chi connectivity index (χ0v) is 8.52. The highest BCUT2D eigenvalue weighted by molar-refractivity contribution is 7.98. The summed E-state index contributed by atoms with van der Waals surface area (Å²) in [7, 11) is 1.62. The van der Waals surface area contributed by atoms with E-state index < -0.39 is 0 Å². The standard InChI is InChI=1S/C9H13NO2S/c1-12-9-4-3-8(13-2)5-7(9)6-10-11/h3-5,10-11H,6H2,1-2H3. The van der Waals surface area contributed by atoms with Gasteiger partial charge in [0.2, 0.25) is 0 Å². The normalized spacial score (nSPS) is 10.1. The predicted octanol–water partition coefficient (Wildman–Crippen LogP) is 1.90. The number of nitrogens with one attached hydrogen (secondary N) is 1. The molecule has 1 aromatic carbocycles. The van der Waals surface area contributed by atoms with Gasteiger partial charge in [-0.1, -0.05) is 0 Å². The van der Waals surface area contributed by atoms with Gasteiger partial charge in [-0.05, 0) is 24.5 Å². The SMILES string of the molecule is COc1ccc(SC)cc1CNO. The van der Waals surface area contributed by atoms with E-state index in [4.69, 9.17) is 9.94 Å². The maximum Gasteiger partial charge on any atom is 0.123 e. The lowest BCUT2D eigenvalue weighted by atomic mass is 10.2. The summed E-state index contributed by atoms with van der Waals surface area (Å²) < 4.78 is 5.14. The maximum atomic E-state index is 8.59. The first-order chi connectivity index (χ1) is 6.31. The molecule has 3 nitrogen and oxygen atoms in total. The molecule has 0 spiro atoms. The van der Waals surface area contributed by atoms with Gasteiger partial charge in [0.25, 0.3) is 0 Å². The molecule has 0 aromatic heterocycles. The minimum absolute atomic E-state index is 0.400. The molecular weight excluding hydrogens is 186 g/mol. The van der Waals surface area contributed by atoms with E-state index in [0.717, 1.165) is 16.2 Å². The molecule has 0 aliphatic heterocycles. The van der Waals surface area contributed by atoms with Crippen molar-refractivity contribution in [1.82, 2.24) is 5.48 Å². The second-order valence-corrected chi connectivity index (χ2v) is 3.39. The fourth-order valence-corrected chi connectivity index (χ4v) is 1.57. The lowest BCUT2D eigenvalue weighted by Gasteiger charge is -2.08. The molecule has 0 fully saturated rings. The van der Waals surface area contributed by atoms with Crippen LogP contribution in [-0.4, -0.2) is 18.6 Å². The van der Waals surface area contributed by atoms with Crippen LogP contribution in [0.15, 0.2) is 23.1 Å². The zero-order chi connectivity index (χ0) is 9.68. The maximum absolute atomic E-state index is 8.59. The average molecular weight is 199 g/mol. The van der Waals surface area contributed by atoms with Crippen LogP contribution in [0.5, 0.6) is 5.75 Å². The molecule has 0 saturated heterocycles. The van der Waals surface area contributed by atoms with Crippen LogP contribution in [-0.2, 0) is 6.54 Å². The van der Waals surface area contributed by atoms with E-state index in [1.54, 1.807) is 18.9 Å². The summed E-state index contributed by atoms with van der Waals surface area (Å²) in [6.07, 6.45) is 2.01. The van der Waals surface area contributed by atoms with E-state index in [1.165, 1.54) is 0 Å². The topological polar surface area (TPSA) is 41.5 Å². The van der Waals surface area contributed by atoms with Gasteiger partial charge in [0.1, 0.15) is 5.75 Å². The molecule has 72 valence electrons. The molecule has 0 radical (unpaired) electrons. The van der Waals surface area contributed by atoms with Crippen molar-refractivity contribution in [3.05, 3.63) is 23.8 Å². The van der Waals surface area contributed by atoms with Gasteiger partial charge >= 0.3 is 0 Å². The first-order valence-corrected chi connectivity index (χ1v) is 5.12. The molecule has 0 unspecified atom stereocenters. The molecule has 4 heteroatoms. The summed E-state index contributed by atoms with van der Waals surface area (Å²) in [5.74, 6) is 0.791. The summed E-state index contributed by atoms with van der Waals surface area (Å²) in [5.41, 5.74) is 3.08. The van der Waals surface area contributed by atoms with Crippen molar-refractivity contribution in [3.63, 3.8) is 0 Å². The van der Waals surface area contributed by atoms with E-state index >= 15 is 0 Å². The Morgan fingerprint density at radius 1 is 1.54 bits per heavy atom. The lowest BCUT2D eigenvalue weighted by molar-refractivity contribution is 0.160. The van der Waals surface area contributed by atoms with Gasteiger partial charge in [-0.25, -0.2) is 5.48 Å². The number of hydroxylamine groups is 1. The second kappa shape index (κ2) is 5.11. The van der Waals surface area contributed by atoms with Crippen molar-refractivity contribution in [3.8, 4) is 5.75 Å². The quantitative estimate of drug-likeness (QED) is 0.574. The molecule has 13 heavy (non-hydrogen) atoms. The van der Waals surface area contributed by atoms with Crippen molar-refractivity contribution in [2.24, 2.45) is 0 Å². The van der Waals surface area contributed by atoms with Crippen LogP contribution in [0.25, 0.3) is 0 Å². The molecular formula is C9H13NO2S. The van der Waals surface area contributed by atoms with Crippen molar-refractivity contribution in [2.75, 3.05) is 13.4 Å². The number of rotatable bonds is 4. The van der Waals surface area contributed by atoms with Crippen LogP contribution < -0.4 is 10.2 Å². The summed E-state index contributed by atoms with van der Waals surface area (Å²) in [4.78, 5) is 1.16. The van der Waals surface area contributed by atoms with Gasteiger partial charge in [-0.15, -0.1) is 11.8 Å². The van der Waals surface area contributed by atoms with Crippen LogP contribution in [0.1, 0.15) is 5.56 Å².